The van der Waals surface area contributed by atoms with E-state index in [-0.39, 0.29) is 0 Å². The van der Waals surface area contributed by atoms with Gasteiger partial charge in [-0.2, -0.15) is 5.10 Å². The van der Waals surface area contributed by atoms with Crippen LogP contribution in [0.3, 0.4) is 0 Å². The van der Waals surface area contributed by atoms with E-state index in [1.807, 2.05) is 0 Å². The van der Waals surface area contributed by atoms with Crippen molar-refractivity contribution in [3.63, 3.8) is 0 Å². The minimum Gasteiger partial charge on any atom is -0.381 e. The van der Waals surface area contributed by atoms with Gasteiger partial charge >= 0.3 is 0 Å². The summed E-state index contributed by atoms with van der Waals surface area (Å²) in [4.78, 5) is 4.82. The number of anilines is 1. The molecule has 0 aromatic carbocycles. The third-order valence-corrected chi connectivity index (χ3v) is 5.05. The average Bonchev–Trinajstić information content (AvgIpc) is 3.17. The lowest BCUT2D eigenvalue weighted by atomic mass is 10.0. The lowest BCUT2D eigenvalue weighted by molar-refractivity contribution is 0.149. The highest BCUT2D eigenvalue weighted by atomic mass is 16.5. The van der Waals surface area contributed by atoms with Crippen molar-refractivity contribution in [2.45, 2.75) is 31.2 Å². The Hall–Kier alpha value is -1.20. The Morgan fingerprint density at radius 2 is 2.10 bits per heavy atom. The molecule has 21 heavy (non-hydrogen) atoms. The summed E-state index contributed by atoms with van der Waals surface area (Å²) in [7, 11) is 2.24. The number of ether oxygens (including phenoxy) is 1. The van der Waals surface area contributed by atoms with E-state index in [9.17, 15) is 0 Å². The summed E-state index contributed by atoms with van der Waals surface area (Å²) in [5, 5.41) is 8.77. The first-order chi connectivity index (χ1) is 10.3. The van der Waals surface area contributed by atoms with Crippen molar-refractivity contribution in [3.05, 3.63) is 17.8 Å². The molecule has 0 spiro atoms. The SMILES string of the molecule is CN(CC1CCOC1)C1CN(c2ccc(C3CC3)nn2)C1. The normalized spacial score (nSPS) is 26.4. The standard InChI is InChI=1S/C16H24N4O/c1-19(8-12-6-7-21-11-12)14-9-20(10-14)16-5-4-15(17-18-16)13-2-3-13/h4-5,12-14H,2-3,6-11H2,1H3. The lowest BCUT2D eigenvalue weighted by Gasteiger charge is -2.45. The Morgan fingerprint density at radius 3 is 2.71 bits per heavy atom. The second kappa shape index (κ2) is 5.54. The molecular weight excluding hydrogens is 264 g/mol. The van der Waals surface area contributed by atoms with Crippen LogP contribution in [-0.2, 0) is 4.74 Å². The predicted molar refractivity (Wildman–Crippen MR) is 81.6 cm³/mol. The fourth-order valence-corrected chi connectivity index (χ4v) is 3.31. The number of rotatable bonds is 5. The molecule has 3 aliphatic rings. The van der Waals surface area contributed by atoms with Crippen LogP contribution in [0.5, 0.6) is 0 Å². The number of hydrogen-bond acceptors (Lipinski definition) is 5. The van der Waals surface area contributed by atoms with Crippen molar-refractivity contribution in [2.24, 2.45) is 5.92 Å². The first kappa shape index (κ1) is 13.5. The molecule has 0 amide bonds. The van der Waals surface area contributed by atoms with Crippen LogP contribution in [0.2, 0.25) is 0 Å². The van der Waals surface area contributed by atoms with Crippen molar-refractivity contribution in [3.8, 4) is 0 Å². The minimum atomic E-state index is 0.649. The predicted octanol–water partition coefficient (Wildman–Crippen LogP) is 1.51. The van der Waals surface area contributed by atoms with Crippen molar-refractivity contribution in [1.82, 2.24) is 15.1 Å². The number of likely N-dealkylation sites (N-methyl/N-ethyl adjacent to an activating group) is 1. The Labute approximate surface area is 126 Å². The fraction of sp³-hybridized carbons (Fsp3) is 0.750. The maximum atomic E-state index is 5.46. The molecule has 1 unspecified atom stereocenters. The van der Waals surface area contributed by atoms with Gasteiger partial charge in [0.2, 0.25) is 0 Å². The van der Waals surface area contributed by atoms with Crippen LogP contribution in [0.4, 0.5) is 5.82 Å². The van der Waals surface area contributed by atoms with Crippen LogP contribution >= 0.6 is 0 Å². The Kier molecular flexibility index (Phi) is 3.55. The molecule has 0 bridgehead atoms. The summed E-state index contributed by atoms with van der Waals surface area (Å²) in [6.45, 7) is 5.18. The van der Waals surface area contributed by atoms with Gasteiger partial charge in [0, 0.05) is 38.2 Å². The van der Waals surface area contributed by atoms with E-state index in [2.05, 4.69) is 39.2 Å². The van der Waals surface area contributed by atoms with E-state index >= 15 is 0 Å². The summed E-state index contributed by atoms with van der Waals surface area (Å²) in [5.41, 5.74) is 1.18. The molecule has 5 nitrogen and oxygen atoms in total. The molecule has 1 saturated carbocycles. The molecule has 1 aromatic rings. The van der Waals surface area contributed by atoms with Crippen molar-refractivity contribution >= 4 is 5.82 Å². The third-order valence-electron chi connectivity index (χ3n) is 5.05. The quantitative estimate of drug-likeness (QED) is 0.821. The van der Waals surface area contributed by atoms with Crippen LogP contribution in [0.1, 0.15) is 30.9 Å². The molecule has 5 heteroatoms. The topological polar surface area (TPSA) is 41.5 Å². The zero-order valence-electron chi connectivity index (χ0n) is 12.7. The zero-order chi connectivity index (χ0) is 14.2. The van der Waals surface area contributed by atoms with Crippen molar-refractivity contribution < 1.29 is 4.74 Å². The molecule has 0 radical (unpaired) electrons. The van der Waals surface area contributed by atoms with Gasteiger partial charge in [0.1, 0.15) is 0 Å². The fourth-order valence-electron chi connectivity index (χ4n) is 3.31. The second-order valence-corrected chi connectivity index (χ2v) is 6.82. The summed E-state index contributed by atoms with van der Waals surface area (Å²) < 4.78 is 5.46. The van der Waals surface area contributed by atoms with Gasteiger partial charge in [-0.15, -0.1) is 5.10 Å². The smallest absolute Gasteiger partial charge is 0.151 e. The Balaban J connectivity index is 1.27. The van der Waals surface area contributed by atoms with Gasteiger partial charge in [0.15, 0.2) is 5.82 Å². The molecule has 4 rings (SSSR count). The average molecular weight is 288 g/mol. The lowest BCUT2D eigenvalue weighted by Crippen LogP contribution is -2.59. The van der Waals surface area contributed by atoms with Gasteiger partial charge in [-0.1, -0.05) is 0 Å². The van der Waals surface area contributed by atoms with E-state index in [0.717, 1.165) is 44.6 Å². The summed E-state index contributed by atoms with van der Waals surface area (Å²) >= 11 is 0. The number of hydrogen-bond donors (Lipinski definition) is 0. The molecule has 3 heterocycles. The molecule has 1 aliphatic carbocycles. The van der Waals surface area contributed by atoms with E-state index in [4.69, 9.17) is 4.74 Å². The van der Waals surface area contributed by atoms with Gasteiger partial charge < -0.3 is 9.64 Å². The molecule has 1 atom stereocenters. The van der Waals surface area contributed by atoms with Crippen LogP contribution in [-0.4, -0.2) is 61.0 Å². The molecule has 2 aliphatic heterocycles. The largest absolute Gasteiger partial charge is 0.381 e. The maximum absolute atomic E-state index is 5.46. The highest BCUT2D eigenvalue weighted by molar-refractivity contribution is 5.42. The summed E-state index contributed by atoms with van der Waals surface area (Å²) in [6.07, 6.45) is 3.79. The van der Waals surface area contributed by atoms with Gasteiger partial charge in [-0.3, -0.25) is 4.90 Å². The van der Waals surface area contributed by atoms with E-state index < -0.39 is 0 Å². The molecule has 3 fully saturated rings. The van der Waals surface area contributed by atoms with Crippen molar-refractivity contribution in [1.29, 1.82) is 0 Å². The highest BCUT2D eigenvalue weighted by Crippen LogP contribution is 2.38. The van der Waals surface area contributed by atoms with Gasteiger partial charge in [0.05, 0.1) is 12.3 Å². The molecular formula is C16H24N4O. The first-order valence-corrected chi connectivity index (χ1v) is 8.16. The summed E-state index contributed by atoms with van der Waals surface area (Å²) in [5.74, 6) is 2.45. The molecule has 0 N–H and O–H groups in total. The number of aromatic nitrogens is 2. The van der Waals surface area contributed by atoms with Gasteiger partial charge in [0.25, 0.3) is 0 Å². The monoisotopic (exact) mass is 288 g/mol. The van der Waals surface area contributed by atoms with Crippen LogP contribution in [0, 0.1) is 5.92 Å². The second-order valence-electron chi connectivity index (χ2n) is 6.82. The van der Waals surface area contributed by atoms with E-state index in [1.54, 1.807) is 0 Å². The summed E-state index contributed by atoms with van der Waals surface area (Å²) in [6, 6.07) is 4.95. The van der Waals surface area contributed by atoms with Gasteiger partial charge in [-0.05, 0) is 44.4 Å². The van der Waals surface area contributed by atoms with Crippen LogP contribution in [0.15, 0.2) is 12.1 Å². The van der Waals surface area contributed by atoms with Crippen molar-refractivity contribution in [2.75, 3.05) is 44.8 Å². The van der Waals surface area contributed by atoms with Crippen LogP contribution < -0.4 is 4.90 Å². The Bertz CT molecular complexity index is 476. The third kappa shape index (κ3) is 2.90. The van der Waals surface area contributed by atoms with Gasteiger partial charge in [-0.25, -0.2) is 0 Å². The van der Waals surface area contributed by atoms with E-state index in [1.165, 1.54) is 25.0 Å². The maximum Gasteiger partial charge on any atom is 0.151 e. The van der Waals surface area contributed by atoms with E-state index in [0.29, 0.717) is 12.0 Å². The highest BCUT2D eigenvalue weighted by Gasteiger charge is 2.33. The Morgan fingerprint density at radius 1 is 1.24 bits per heavy atom. The van der Waals surface area contributed by atoms with Crippen LogP contribution in [0.25, 0.3) is 0 Å². The zero-order valence-corrected chi connectivity index (χ0v) is 12.7. The first-order valence-electron chi connectivity index (χ1n) is 8.16. The molecule has 1 aromatic heterocycles. The molecule has 2 saturated heterocycles. The minimum absolute atomic E-state index is 0.649. The molecule has 114 valence electrons. The number of nitrogens with zero attached hydrogens (tertiary/aromatic N) is 4.